The van der Waals surface area contributed by atoms with Crippen molar-refractivity contribution >= 4 is 39.5 Å². The summed E-state index contributed by atoms with van der Waals surface area (Å²) in [7, 11) is 0. The van der Waals surface area contributed by atoms with E-state index in [1.807, 2.05) is 0 Å². The largest absolute Gasteiger partial charge is 0.459 e. The Kier molecular flexibility index (Phi) is 3.36. The molecule has 1 rings (SSSR count). The third-order valence-corrected chi connectivity index (χ3v) is 2.59. The maximum Gasteiger partial charge on any atom is 0.293 e. The highest BCUT2D eigenvalue weighted by Gasteiger charge is 2.09. The van der Waals surface area contributed by atoms with Crippen LogP contribution >= 0.6 is 27.3 Å². The lowest BCUT2D eigenvalue weighted by Crippen LogP contribution is -2.07. The van der Waals surface area contributed by atoms with Gasteiger partial charge >= 0.3 is 0 Å². The van der Waals surface area contributed by atoms with E-state index in [1.54, 1.807) is 5.38 Å². The van der Waals surface area contributed by atoms with Gasteiger partial charge in [-0.25, -0.2) is 4.98 Å². The highest BCUT2D eigenvalue weighted by atomic mass is 79.9. The van der Waals surface area contributed by atoms with Crippen LogP contribution in [0.5, 0.6) is 0 Å². The van der Waals surface area contributed by atoms with Gasteiger partial charge in [-0.15, -0.1) is 11.3 Å². The van der Waals surface area contributed by atoms with E-state index >= 15 is 0 Å². The van der Waals surface area contributed by atoms with Gasteiger partial charge in [0.1, 0.15) is 4.60 Å². The first-order chi connectivity index (χ1) is 5.74. The number of thiazole rings is 1. The summed E-state index contributed by atoms with van der Waals surface area (Å²) in [6.45, 7) is -0.00992. The number of hydrogen-bond acceptors (Lipinski definition) is 5. The zero-order valence-corrected chi connectivity index (χ0v) is 8.22. The molecule has 1 heterocycles. The lowest BCUT2D eigenvalue weighted by atomic mass is 10.4. The summed E-state index contributed by atoms with van der Waals surface area (Å²) in [4.78, 5) is 24.7. The third kappa shape index (κ3) is 2.38. The van der Waals surface area contributed by atoms with Crippen LogP contribution < -0.4 is 0 Å². The molecule has 0 saturated carbocycles. The van der Waals surface area contributed by atoms with Crippen molar-refractivity contribution in [2.24, 2.45) is 0 Å². The molecule has 64 valence electrons. The second-order valence-corrected chi connectivity index (χ2v) is 3.48. The fourth-order valence-electron chi connectivity index (χ4n) is 0.554. The molecular weight excluding hydrogens is 246 g/mol. The van der Waals surface area contributed by atoms with Crippen molar-refractivity contribution in [1.29, 1.82) is 0 Å². The van der Waals surface area contributed by atoms with Crippen LogP contribution in [-0.2, 0) is 9.53 Å². The topological polar surface area (TPSA) is 56.3 Å². The molecular formula is C6H4BrNO3S. The molecule has 12 heavy (non-hydrogen) atoms. The maximum absolute atomic E-state index is 11.1. The number of halogens is 1. The van der Waals surface area contributed by atoms with Gasteiger partial charge in [-0.1, -0.05) is 0 Å². The number of carbonyl (C=O) groups excluding carboxylic acids is 2. The van der Waals surface area contributed by atoms with E-state index in [2.05, 4.69) is 25.7 Å². The zero-order valence-electron chi connectivity index (χ0n) is 5.82. The minimum absolute atomic E-state index is 0.237. The predicted octanol–water partition coefficient (Wildman–Crippen LogP) is 1.26. The minimum Gasteiger partial charge on any atom is -0.459 e. The molecule has 0 aromatic carbocycles. The first kappa shape index (κ1) is 9.34. The Morgan fingerprint density at radius 1 is 1.83 bits per heavy atom. The van der Waals surface area contributed by atoms with Gasteiger partial charge < -0.3 is 4.74 Å². The SMILES string of the molecule is O=COCC(=O)c1nc(Br)cs1. The van der Waals surface area contributed by atoms with Crippen molar-refractivity contribution in [3.63, 3.8) is 0 Å². The number of ether oxygens (including phenoxy) is 1. The van der Waals surface area contributed by atoms with Gasteiger partial charge in [0, 0.05) is 5.38 Å². The number of nitrogens with zero attached hydrogens (tertiary/aromatic N) is 1. The Hall–Kier alpha value is -0.750. The number of ketones is 1. The van der Waals surface area contributed by atoms with Gasteiger partial charge in [0.25, 0.3) is 6.47 Å². The van der Waals surface area contributed by atoms with Crippen LogP contribution in [-0.4, -0.2) is 23.8 Å². The summed E-state index contributed by atoms with van der Waals surface area (Å²) in [5.41, 5.74) is 0. The molecule has 0 aliphatic heterocycles. The smallest absolute Gasteiger partial charge is 0.293 e. The molecule has 0 unspecified atom stereocenters. The van der Waals surface area contributed by atoms with Crippen LogP contribution in [0.4, 0.5) is 0 Å². The number of rotatable bonds is 4. The molecule has 0 fully saturated rings. The van der Waals surface area contributed by atoms with Gasteiger partial charge in [-0.05, 0) is 15.9 Å². The molecule has 0 atom stereocenters. The Morgan fingerprint density at radius 3 is 3.08 bits per heavy atom. The molecule has 0 spiro atoms. The normalized spacial score (nSPS) is 9.42. The van der Waals surface area contributed by atoms with Gasteiger partial charge in [-0.2, -0.15) is 0 Å². The van der Waals surface area contributed by atoms with E-state index in [-0.39, 0.29) is 18.9 Å². The van der Waals surface area contributed by atoms with Crippen LogP contribution in [0.2, 0.25) is 0 Å². The zero-order chi connectivity index (χ0) is 8.97. The van der Waals surface area contributed by atoms with Crippen molar-refractivity contribution in [3.05, 3.63) is 15.0 Å². The predicted molar refractivity (Wildman–Crippen MR) is 46.2 cm³/mol. The van der Waals surface area contributed by atoms with Crippen LogP contribution in [0.15, 0.2) is 9.98 Å². The Labute approximate surface area is 80.7 Å². The first-order valence-electron chi connectivity index (χ1n) is 2.93. The number of aromatic nitrogens is 1. The fraction of sp³-hybridized carbons (Fsp3) is 0.167. The third-order valence-electron chi connectivity index (χ3n) is 0.997. The van der Waals surface area contributed by atoms with Crippen molar-refractivity contribution in [2.45, 2.75) is 0 Å². The van der Waals surface area contributed by atoms with Crippen molar-refractivity contribution in [2.75, 3.05) is 6.61 Å². The van der Waals surface area contributed by atoms with E-state index in [0.717, 1.165) is 0 Å². The lowest BCUT2D eigenvalue weighted by Gasteiger charge is -1.92. The van der Waals surface area contributed by atoms with Crippen molar-refractivity contribution in [1.82, 2.24) is 4.98 Å². The molecule has 6 heteroatoms. The van der Waals surface area contributed by atoms with E-state index < -0.39 is 0 Å². The van der Waals surface area contributed by atoms with Crippen molar-refractivity contribution in [3.8, 4) is 0 Å². The highest BCUT2D eigenvalue weighted by Crippen LogP contribution is 2.14. The van der Waals surface area contributed by atoms with Crippen LogP contribution in [0.25, 0.3) is 0 Å². The number of carbonyl (C=O) groups is 2. The number of hydrogen-bond donors (Lipinski definition) is 0. The van der Waals surface area contributed by atoms with E-state index in [0.29, 0.717) is 9.61 Å². The lowest BCUT2D eigenvalue weighted by molar-refractivity contribution is -0.127. The second kappa shape index (κ2) is 4.32. The molecule has 1 aromatic rings. The van der Waals surface area contributed by atoms with E-state index in [9.17, 15) is 9.59 Å². The standard InChI is InChI=1S/C6H4BrNO3S/c7-5-2-12-6(8-5)4(10)1-11-3-9/h2-3H,1H2. The Balaban J connectivity index is 2.59. The minimum atomic E-state index is -0.294. The van der Waals surface area contributed by atoms with Gasteiger partial charge in [-0.3, -0.25) is 9.59 Å². The summed E-state index contributed by atoms with van der Waals surface area (Å²) >= 11 is 4.31. The summed E-state index contributed by atoms with van der Waals surface area (Å²) in [6, 6.07) is 0. The molecule has 0 radical (unpaired) electrons. The summed E-state index contributed by atoms with van der Waals surface area (Å²) in [6.07, 6.45) is 0. The maximum atomic E-state index is 11.1. The average molecular weight is 250 g/mol. The summed E-state index contributed by atoms with van der Waals surface area (Å²) in [5, 5.41) is 2.03. The Morgan fingerprint density at radius 2 is 2.58 bits per heavy atom. The molecule has 1 aromatic heterocycles. The summed E-state index contributed by atoms with van der Waals surface area (Å²) in [5.74, 6) is -0.294. The molecule has 0 amide bonds. The van der Waals surface area contributed by atoms with Gasteiger partial charge in [0.05, 0.1) is 0 Å². The van der Waals surface area contributed by atoms with E-state index in [4.69, 9.17) is 0 Å². The van der Waals surface area contributed by atoms with Crippen molar-refractivity contribution < 1.29 is 14.3 Å². The van der Waals surface area contributed by atoms with Gasteiger partial charge in [0.2, 0.25) is 5.78 Å². The van der Waals surface area contributed by atoms with E-state index in [1.165, 1.54) is 11.3 Å². The summed E-state index contributed by atoms with van der Waals surface area (Å²) < 4.78 is 4.89. The fourth-order valence-corrected chi connectivity index (χ4v) is 1.73. The molecule has 0 N–H and O–H groups in total. The van der Waals surface area contributed by atoms with Crippen LogP contribution in [0.1, 0.15) is 9.80 Å². The molecule has 0 bridgehead atoms. The molecule has 0 aliphatic rings. The number of Topliss-reactive ketones (excluding diaryl/α,β-unsaturated/α-hetero) is 1. The Bertz CT molecular complexity index is 299. The highest BCUT2D eigenvalue weighted by molar-refractivity contribution is 9.10. The first-order valence-corrected chi connectivity index (χ1v) is 4.61. The monoisotopic (exact) mass is 249 g/mol. The molecule has 0 saturated heterocycles. The quantitative estimate of drug-likeness (QED) is 0.596. The molecule has 4 nitrogen and oxygen atoms in total. The van der Waals surface area contributed by atoms with Gasteiger partial charge in [0.15, 0.2) is 11.6 Å². The molecule has 0 aliphatic carbocycles. The van der Waals surface area contributed by atoms with Crippen LogP contribution in [0.3, 0.4) is 0 Å². The second-order valence-electron chi connectivity index (χ2n) is 1.81. The van der Waals surface area contributed by atoms with Crippen LogP contribution in [0, 0.1) is 0 Å². The average Bonchev–Trinajstić information content (AvgIpc) is 2.47.